The zero-order valence-electron chi connectivity index (χ0n) is 12.2. The molecule has 0 atom stereocenters. The van der Waals surface area contributed by atoms with E-state index in [0.717, 1.165) is 29.7 Å². The second-order valence-corrected chi connectivity index (χ2v) is 5.44. The molecule has 0 aliphatic carbocycles. The van der Waals surface area contributed by atoms with Crippen molar-refractivity contribution >= 4 is 17.9 Å². The monoisotopic (exact) mass is 303 g/mol. The number of nitrogens with zero attached hydrogens (tertiary/aromatic N) is 1. The van der Waals surface area contributed by atoms with Crippen LogP contribution in [0.5, 0.6) is 5.75 Å². The number of hydrogen-bond acceptors (Lipinski definition) is 3. The van der Waals surface area contributed by atoms with Crippen LogP contribution in [0.1, 0.15) is 10.4 Å². The lowest BCUT2D eigenvalue weighted by molar-refractivity contribution is 0.112. The Morgan fingerprint density at radius 2 is 1.86 bits per heavy atom. The quantitative estimate of drug-likeness (QED) is 0.761. The van der Waals surface area contributed by atoms with Gasteiger partial charge >= 0.3 is 0 Å². The number of likely N-dealkylation sites (N-methyl/N-ethyl adjacent to an activating group) is 1. The van der Waals surface area contributed by atoms with Gasteiger partial charge in [0.05, 0.1) is 0 Å². The number of ether oxygens (including phenoxy) is 1. The fraction of sp³-hybridized carbons (Fsp3) is 0.235. The lowest BCUT2D eigenvalue weighted by Crippen LogP contribution is -2.19. The number of aldehydes is 1. The summed E-state index contributed by atoms with van der Waals surface area (Å²) in [5, 5.41) is 0.627. The summed E-state index contributed by atoms with van der Waals surface area (Å²) in [5.74, 6) is 0.822. The van der Waals surface area contributed by atoms with Crippen molar-refractivity contribution in [3.05, 3.63) is 53.1 Å². The lowest BCUT2D eigenvalue weighted by Gasteiger charge is -2.11. The highest BCUT2D eigenvalue weighted by Gasteiger charge is 2.05. The predicted molar refractivity (Wildman–Crippen MR) is 86.3 cm³/mol. The Kier molecular flexibility index (Phi) is 5.37. The van der Waals surface area contributed by atoms with Gasteiger partial charge in [0.15, 0.2) is 0 Å². The van der Waals surface area contributed by atoms with Gasteiger partial charge in [-0.15, -0.1) is 0 Å². The first-order valence-corrected chi connectivity index (χ1v) is 7.10. The molecule has 0 saturated heterocycles. The van der Waals surface area contributed by atoms with E-state index in [-0.39, 0.29) is 0 Å². The van der Waals surface area contributed by atoms with E-state index in [4.69, 9.17) is 16.3 Å². The molecule has 3 nitrogen and oxygen atoms in total. The highest BCUT2D eigenvalue weighted by Crippen LogP contribution is 2.29. The summed E-state index contributed by atoms with van der Waals surface area (Å²) in [5.41, 5.74) is 2.42. The summed E-state index contributed by atoms with van der Waals surface area (Å²) in [6.07, 6.45) is 0.818. The molecule has 0 aliphatic rings. The second-order valence-electron chi connectivity index (χ2n) is 5.03. The van der Waals surface area contributed by atoms with Crippen molar-refractivity contribution in [1.29, 1.82) is 0 Å². The van der Waals surface area contributed by atoms with Crippen LogP contribution < -0.4 is 4.74 Å². The van der Waals surface area contributed by atoms with Crippen LogP contribution in [0.4, 0.5) is 0 Å². The number of carbonyl (C=O) groups is 1. The third-order valence-electron chi connectivity index (χ3n) is 3.10. The summed E-state index contributed by atoms with van der Waals surface area (Å²) < 4.78 is 5.65. The molecule has 0 unspecified atom stereocenters. The number of rotatable bonds is 6. The smallest absolute Gasteiger partial charge is 0.150 e. The van der Waals surface area contributed by atoms with E-state index in [0.29, 0.717) is 17.2 Å². The normalized spacial score (nSPS) is 10.7. The Labute approximate surface area is 130 Å². The first-order chi connectivity index (χ1) is 10.1. The van der Waals surface area contributed by atoms with Crippen molar-refractivity contribution in [3.8, 4) is 16.9 Å². The molecule has 0 radical (unpaired) electrons. The summed E-state index contributed by atoms with van der Waals surface area (Å²) in [7, 11) is 4.02. The molecule has 0 fully saturated rings. The van der Waals surface area contributed by atoms with Gasteiger partial charge in [-0.2, -0.15) is 0 Å². The van der Waals surface area contributed by atoms with Gasteiger partial charge in [-0.1, -0.05) is 29.8 Å². The summed E-state index contributed by atoms with van der Waals surface area (Å²) in [4.78, 5) is 12.9. The molecule has 0 aliphatic heterocycles. The first-order valence-electron chi connectivity index (χ1n) is 6.73. The molecule has 2 aromatic carbocycles. The van der Waals surface area contributed by atoms with Gasteiger partial charge in [0, 0.05) is 22.7 Å². The summed E-state index contributed by atoms with van der Waals surface area (Å²) in [6.45, 7) is 1.52. The molecular formula is C17H18ClNO2. The SMILES string of the molecule is CN(C)CCOc1ccc(-c2cc(C=O)ccc2Cl)cc1. The topological polar surface area (TPSA) is 29.5 Å². The van der Waals surface area contributed by atoms with Crippen LogP contribution in [0.15, 0.2) is 42.5 Å². The van der Waals surface area contributed by atoms with E-state index in [1.807, 2.05) is 38.4 Å². The average Bonchev–Trinajstić information content (AvgIpc) is 2.48. The molecule has 2 rings (SSSR count). The van der Waals surface area contributed by atoms with Crippen molar-refractivity contribution in [2.24, 2.45) is 0 Å². The van der Waals surface area contributed by atoms with E-state index in [9.17, 15) is 4.79 Å². The Bertz CT molecular complexity index is 609. The Morgan fingerprint density at radius 1 is 1.14 bits per heavy atom. The van der Waals surface area contributed by atoms with Gasteiger partial charge in [-0.25, -0.2) is 0 Å². The minimum atomic E-state index is 0.612. The molecule has 21 heavy (non-hydrogen) atoms. The zero-order valence-corrected chi connectivity index (χ0v) is 12.9. The van der Waals surface area contributed by atoms with Gasteiger partial charge in [-0.05, 0) is 43.9 Å². The molecule has 0 heterocycles. The molecule has 0 spiro atoms. The molecule has 2 aromatic rings. The minimum Gasteiger partial charge on any atom is -0.492 e. The van der Waals surface area contributed by atoms with Crippen LogP contribution in [0, 0.1) is 0 Å². The molecular weight excluding hydrogens is 286 g/mol. The van der Waals surface area contributed by atoms with Crippen LogP contribution in [0.25, 0.3) is 11.1 Å². The summed E-state index contributed by atoms with van der Waals surface area (Å²) in [6, 6.07) is 12.9. The van der Waals surface area contributed by atoms with Crippen molar-refractivity contribution in [1.82, 2.24) is 4.90 Å². The predicted octanol–water partition coefficient (Wildman–Crippen LogP) is 3.76. The molecule has 0 N–H and O–H groups in total. The molecule has 0 aromatic heterocycles. The number of halogens is 1. The first kappa shape index (κ1) is 15.5. The van der Waals surface area contributed by atoms with Crippen LogP contribution in [0.3, 0.4) is 0 Å². The minimum absolute atomic E-state index is 0.612. The standard InChI is InChI=1S/C17H18ClNO2/c1-19(2)9-10-21-15-6-4-14(5-7-15)16-11-13(12-20)3-8-17(16)18/h3-8,11-12H,9-10H2,1-2H3. The van der Waals surface area contributed by atoms with Crippen molar-refractivity contribution in [2.75, 3.05) is 27.2 Å². The van der Waals surface area contributed by atoms with E-state index in [1.165, 1.54) is 0 Å². The molecule has 0 saturated carbocycles. The van der Waals surface area contributed by atoms with Gasteiger partial charge < -0.3 is 9.64 Å². The van der Waals surface area contributed by atoms with E-state index in [1.54, 1.807) is 18.2 Å². The van der Waals surface area contributed by atoms with Crippen molar-refractivity contribution < 1.29 is 9.53 Å². The Morgan fingerprint density at radius 3 is 2.48 bits per heavy atom. The van der Waals surface area contributed by atoms with Gasteiger partial charge in [-0.3, -0.25) is 4.79 Å². The highest BCUT2D eigenvalue weighted by atomic mass is 35.5. The van der Waals surface area contributed by atoms with Crippen LogP contribution in [0.2, 0.25) is 5.02 Å². The van der Waals surface area contributed by atoms with Crippen molar-refractivity contribution in [2.45, 2.75) is 0 Å². The van der Waals surface area contributed by atoms with Crippen LogP contribution in [-0.2, 0) is 0 Å². The molecule has 4 heteroatoms. The van der Waals surface area contributed by atoms with Crippen LogP contribution >= 0.6 is 11.6 Å². The van der Waals surface area contributed by atoms with Gasteiger partial charge in [0.25, 0.3) is 0 Å². The maximum Gasteiger partial charge on any atom is 0.150 e. The van der Waals surface area contributed by atoms with Crippen molar-refractivity contribution in [3.63, 3.8) is 0 Å². The highest BCUT2D eigenvalue weighted by molar-refractivity contribution is 6.33. The zero-order chi connectivity index (χ0) is 15.2. The van der Waals surface area contributed by atoms with E-state index in [2.05, 4.69) is 4.90 Å². The van der Waals surface area contributed by atoms with Gasteiger partial charge in [0.1, 0.15) is 18.6 Å². The third-order valence-corrected chi connectivity index (χ3v) is 3.43. The summed E-state index contributed by atoms with van der Waals surface area (Å²) >= 11 is 6.19. The molecule has 0 bridgehead atoms. The largest absolute Gasteiger partial charge is 0.492 e. The number of hydrogen-bond donors (Lipinski definition) is 0. The average molecular weight is 304 g/mol. The second kappa shape index (κ2) is 7.25. The molecule has 110 valence electrons. The number of benzene rings is 2. The number of carbonyl (C=O) groups excluding carboxylic acids is 1. The third kappa shape index (κ3) is 4.31. The maximum atomic E-state index is 10.9. The fourth-order valence-corrected chi connectivity index (χ4v) is 2.14. The van der Waals surface area contributed by atoms with E-state index < -0.39 is 0 Å². The maximum absolute atomic E-state index is 10.9. The Hall–Kier alpha value is -1.84. The molecule has 0 amide bonds. The Balaban J connectivity index is 2.13. The van der Waals surface area contributed by atoms with E-state index >= 15 is 0 Å². The lowest BCUT2D eigenvalue weighted by atomic mass is 10.0. The fourth-order valence-electron chi connectivity index (χ4n) is 1.91. The van der Waals surface area contributed by atoms with Crippen LogP contribution in [-0.4, -0.2) is 38.4 Å². The van der Waals surface area contributed by atoms with Gasteiger partial charge in [0.2, 0.25) is 0 Å².